The molecule has 0 heterocycles. The molecule has 1 rings (SSSR count). The normalized spacial score (nSPS) is 9.28. The smallest absolute Gasteiger partial charge is 0.319 e. The fourth-order valence-electron chi connectivity index (χ4n) is 1.27. The molecule has 0 radical (unpaired) electrons. The highest BCUT2D eigenvalue weighted by Crippen LogP contribution is 2.20. The van der Waals surface area contributed by atoms with Crippen LogP contribution in [0.1, 0.15) is 18.9 Å². The molecule has 0 saturated heterocycles. The van der Waals surface area contributed by atoms with Crippen LogP contribution >= 0.6 is 11.6 Å². The van der Waals surface area contributed by atoms with Crippen LogP contribution in [0.4, 0.5) is 10.5 Å². The second kappa shape index (κ2) is 7.59. The van der Waals surface area contributed by atoms with Crippen LogP contribution in [-0.2, 0) is 0 Å². The van der Waals surface area contributed by atoms with Crippen LogP contribution in [0.2, 0.25) is 5.02 Å². The van der Waals surface area contributed by atoms with E-state index in [1.807, 2.05) is 6.92 Å². The molecule has 0 bridgehead atoms. The molecule has 1 aromatic rings. The number of halogens is 1. The highest BCUT2D eigenvalue weighted by molar-refractivity contribution is 6.31. The van der Waals surface area contributed by atoms with E-state index in [2.05, 4.69) is 22.5 Å². The summed E-state index contributed by atoms with van der Waals surface area (Å²) in [5.41, 5.74) is 1.22. The minimum absolute atomic E-state index is 0.0136. The van der Waals surface area contributed by atoms with Crippen molar-refractivity contribution in [2.24, 2.45) is 0 Å². The Morgan fingerprint density at radius 3 is 2.94 bits per heavy atom. The number of carbonyl (C=O) groups is 1. The zero-order valence-corrected chi connectivity index (χ0v) is 10.8. The molecule has 4 nitrogen and oxygen atoms in total. The minimum atomic E-state index is -0.301. The molecule has 0 fully saturated rings. The summed E-state index contributed by atoms with van der Waals surface area (Å²) >= 11 is 5.88. The number of hydrogen-bond donors (Lipinski definition) is 3. The third kappa shape index (κ3) is 4.66. The monoisotopic (exact) mass is 266 g/mol. The van der Waals surface area contributed by atoms with Gasteiger partial charge in [-0.05, 0) is 25.1 Å². The predicted octanol–water partition coefficient (Wildman–Crippen LogP) is 2.22. The number of rotatable bonds is 3. The number of aliphatic hydroxyl groups is 1. The molecule has 0 saturated carbocycles. The van der Waals surface area contributed by atoms with E-state index in [1.165, 1.54) is 0 Å². The van der Waals surface area contributed by atoms with Gasteiger partial charge in [0.1, 0.15) is 0 Å². The van der Waals surface area contributed by atoms with Gasteiger partial charge in [-0.1, -0.05) is 23.4 Å². The summed E-state index contributed by atoms with van der Waals surface area (Å²) < 4.78 is 0. The Morgan fingerprint density at radius 2 is 2.28 bits per heavy atom. The van der Waals surface area contributed by atoms with Gasteiger partial charge in [-0.25, -0.2) is 4.79 Å². The van der Waals surface area contributed by atoms with Crippen molar-refractivity contribution in [3.63, 3.8) is 0 Å². The van der Waals surface area contributed by atoms with Crippen LogP contribution in [-0.4, -0.2) is 24.3 Å². The summed E-state index contributed by atoms with van der Waals surface area (Å²) in [6.07, 6.45) is 0.392. The lowest BCUT2D eigenvalue weighted by atomic mass is 10.2. The lowest BCUT2D eigenvalue weighted by Gasteiger charge is -2.08. The number of aliphatic hydroxyl groups excluding tert-OH is 1. The van der Waals surface area contributed by atoms with Crippen molar-refractivity contribution >= 4 is 23.3 Å². The number of benzene rings is 1. The fraction of sp³-hybridized carbons (Fsp3) is 0.308. The first kappa shape index (κ1) is 14.4. The van der Waals surface area contributed by atoms with Crippen LogP contribution in [0.25, 0.3) is 0 Å². The van der Waals surface area contributed by atoms with Gasteiger partial charge in [0.05, 0.1) is 12.3 Å². The number of amides is 2. The second-order valence-corrected chi connectivity index (χ2v) is 3.89. The maximum atomic E-state index is 11.5. The quantitative estimate of drug-likeness (QED) is 0.735. The second-order valence-electron chi connectivity index (χ2n) is 3.45. The SMILES string of the molecule is CCNC(=O)Nc1cc(Cl)ccc1C#CCCO. The van der Waals surface area contributed by atoms with E-state index in [0.29, 0.717) is 29.2 Å². The molecular formula is C13H15ClN2O2. The topological polar surface area (TPSA) is 61.4 Å². The number of hydrogen-bond acceptors (Lipinski definition) is 2. The number of anilines is 1. The van der Waals surface area contributed by atoms with Crippen LogP contribution in [0.5, 0.6) is 0 Å². The van der Waals surface area contributed by atoms with Gasteiger partial charge >= 0.3 is 6.03 Å². The van der Waals surface area contributed by atoms with Crippen LogP contribution in [0.3, 0.4) is 0 Å². The van der Waals surface area contributed by atoms with Gasteiger partial charge in [-0.2, -0.15) is 0 Å². The standard InChI is InChI=1S/C13H15ClN2O2/c1-2-15-13(18)16-12-9-11(14)7-6-10(12)5-3-4-8-17/h6-7,9,17H,2,4,8H2,1H3,(H2,15,16,18). The van der Waals surface area contributed by atoms with Gasteiger partial charge in [-0.3, -0.25) is 0 Å². The summed E-state index contributed by atoms with van der Waals surface area (Å²) in [6, 6.07) is 4.77. The molecule has 0 atom stereocenters. The predicted molar refractivity (Wildman–Crippen MR) is 72.7 cm³/mol. The third-order valence-corrected chi connectivity index (χ3v) is 2.26. The Hall–Kier alpha value is -1.70. The number of carbonyl (C=O) groups excluding carboxylic acids is 1. The highest BCUT2D eigenvalue weighted by Gasteiger charge is 2.05. The summed E-state index contributed by atoms with van der Waals surface area (Å²) in [5.74, 6) is 5.68. The van der Waals surface area contributed by atoms with Crippen LogP contribution in [0.15, 0.2) is 18.2 Å². The van der Waals surface area contributed by atoms with Crippen molar-refractivity contribution in [3.05, 3.63) is 28.8 Å². The zero-order chi connectivity index (χ0) is 13.4. The molecule has 0 unspecified atom stereocenters. The van der Waals surface area contributed by atoms with Gasteiger partial charge in [0.15, 0.2) is 0 Å². The van der Waals surface area contributed by atoms with E-state index >= 15 is 0 Å². The number of urea groups is 1. The summed E-state index contributed by atoms with van der Waals surface area (Å²) in [4.78, 5) is 11.5. The van der Waals surface area contributed by atoms with E-state index in [4.69, 9.17) is 16.7 Å². The average molecular weight is 267 g/mol. The highest BCUT2D eigenvalue weighted by atomic mass is 35.5. The van der Waals surface area contributed by atoms with Crippen LogP contribution in [0, 0.1) is 11.8 Å². The van der Waals surface area contributed by atoms with Crippen molar-refractivity contribution in [1.29, 1.82) is 0 Å². The minimum Gasteiger partial charge on any atom is -0.395 e. The zero-order valence-electron chi connectivity index (χ0n) is 10.1. The van der Waals surface area contributed by atoms with Crippen molar-refractivity contribution in [2.45, 2.75) is 13.3 Å². The van der Waals surface area contributed by atoms with E-state index < -0.39 is 0 Å². The number of nitrogens with one attached hydrogen (secondary N) is 2. The summed E-state index contributed by atoms with van der Waals surface area (Å²) in [5, 5.41) is 14.5. The summed E-state index contributed by atoms with van der Waals surface area (Å²) in [6.45, 7) is 2.39. The van der Waals surface area contributed by atoms with E-state index in [1.54, 1.807) is 18.2 Å². The molecule has 3 N–H and O–H groups in total. The molecule has 5 heteroatoms. The molecule has 0 spiro atoms. The van der Waals surface area contributed by atoms with Crippen molar-refractivity contribution in [3.8, 4) is 11.8 Å². The molecule has 1 aromatic carbocycles. The van der Waals surface area contributed by atoms with Crippen molar-refractivity contribution in [1.82, 2.24) is 5.32 Å². The molecular weight excluding hydrogens is 252 g/mol. The molecule has 0 aliphatic rings. The lowest BCUT2D eigenvalue weighted by molar-refractivity contribution is 0.252. The molecule has 2 amide bonds. The third-order valence-electron chi connectivity index (χ3n) is 2.03. The lowest BCUT2D eigenvalue weighted by Crippen LogP contribution is -2.28. The molecule has 18 heavy (non-hydrogen) atoms. The van der Waals surface area contributed by atoms with E-state index in [0.717, 1.165) is 0 Å². The Morgan fingerprint density at radius 1 is 1.50 bits per heavy atom. The molecule has 0 aromatic heterocycles. The Labute approximate surface area is 111 Å². The largest absolute Gasteiger partial charge is 0.395 e. The molecule has 0 aliphatic carbocycles. The first-order chi connectivity index (χ1) is 8.67. The van der Waals surface area contributed by atoms with E-state index in [9.17, 15) is 4.79 Å². The first-order valence-corrected chi connectivity index (χ1v) is 5.99. The fourth-order valence-corrected chi connectivity index (χ4v) is 1.44. The molecule has 0 aliphatic heterocycles. The van der Waals surface area contributed by atoms with Crippen molar-refractivity contribution in [2.75, 3.05) is 18.5 Å². The van der Waals surface area contributed by atoms with Gasteiger partial charge in [0, 0.05) is 23.6 Å². The Bertz CT molecular complexity index is 478. The maximum Gasteiger partial charge on any atom is 0.319 e. The van der Waals surface area contributed by atoms with E-state index in [-0.39, 0.29) is 12.6 Å². The first-order valence-electron chi connectivity index (χ1n) is 5.61. The van der Waals surface area contributed by atoms with Gasteiger partial charge < -0.3 is 15.7 Å². The average Bonchev–Trinajstić information content (AvgIpc) is 2.32. The molecule has 96 valence electrons. The van der Waals surface area contributed by atoms with Gasteiger partial charge in [-0.15, -0.1) is 0 Å². The van der Waals surface area contributed by atoms with Crippen LogP contribution < -0.4 is 10.6 Å². The van der Waals surface area contributed by atoms with Gasteiger partial charge in [0.2, 0.25) is 0 Å². The Balaban J connectivity index is 2.90. The maximum absolute atomic E-state index is 11.5. The Kier molecular flexibility index (Phi) is 6.06. The summed E-state index contributed by atoms with van der Waals surface area (Å²) in [7, 11) is 0. The van der Waals surface area contributed by atoms with Crippen molar-refractivity contribution < 1.29 is 9.90 Å². The van der Waals surface area contributed by atoms with Gasteiger partial charge in [0.25, 0.3) is 0 Å².